The standard InChI is InChI=1S/C8H10N4O2S/c1-4-5(2)9-6-3-11(8(13)14)10-12(6)7(4)15/h3,10,15H,1-2H3,(H,13,14). The Labute approximate surface area is 91.9 Å². The van der Waals surface area contributed by atoms with Crippen molar-refractivity contribution < 1.29 is 9.90 Å². The van der Waals surface area contributed by atoms with Gasteiger partial charge in [0.1, 0.15) is 0 Å². The summed E-state index contributed by atoms with van der Waals surface area (Å²) in [5.41, 5.74) is 4.37. The van der Waals surface area contributed by atoms with E-state index in [4.69, 9.17) is 5.11 Å². The first-order chi connectivity index (χ1) is 7.00. The van der Waals surface area contributed by atoms with Crippen LogP contribution in [0.5, 0.6) is 0 Å². The lowest BCUT2D eigenvalue weighted by molar-refractivity contribution is 0.119. The molecule has 2 aliphatic rings. The van der Waals surface area contributed by atoms with Crippen molar-refractivity contribution in [3.05, 3.63) is 22.6 Å². The Bertz CT molecular complexity index is 426. The minimum atomic E-state index is -1.09. The van der Waals surface area contributed by atoms with Crippen LogP contribution < -0.4 is 5.53 Å². The third-order valence-electron chi connectivity index (χ3n) is 2.26. The summed E-state index contributed by atoms with van der Waals surface area (Å²) in [7, 11) is 0. The molecule has 0 aromatic heterocycles. The first-order valence-electron chi connectivity index (χ1n) is 4.26. The average molecular weight is 226 g/mol. The van der Waals surface area contributed by atoms with E-state index < -0.39 is 6.09 Å². The van der Waals surface area contributed by atoms with Crippen LogP contribution in [0.1, 0.15) is 13.8 Å². The number of nitrogens with zero attached hydrogens (tertiary/aromatic N) is 3. The lowest BCUT2D eigenvalue weighted by Crippen LogP contribution is -2.42. The normalized spacial score (nSPS) is 20.2. The third kappa shape index (κ3) is 1.49. The minimum absolute atomic E-state index is 0.519. The van der Waals surface area contributed by atoms with Crippen molar-refractivity contribution in [3.63, 3.8) is 0 Å². The number of allylic oxidation sites excluding steroid dienone is 1. The predicted molar refractivity (Wildman–Crippen MR) is 57.7 cm³/mol. The van der Waals surface area contributed by atoms with Crippen molar-refractivity contribution in [2.45, 2.75) is 13.8 Å². The van der Waals surface area contributed by atoms with Crippen LogP contribution in [0.3, 0.4) is 0 Å². The molecule has 0 unspecified atom stereocenters. The van der Waals surface area contributed by atoms with Crippen molar-refractivity contribution in [3.8, 4) is 0 Å². The summed E-state index contributed by atoms with van der Waals surface area (Å²) in [5, 5.41) is 11.9. The smallest absolute Gasteiger partial charge is 0.427 e. The fourth-order valence-corrected chi connectivity index (χ4v) is 1.59. The van der Waals surface area contributed by atoms with Crippen LogP contribution in [-0.4, -0.2) is 26.9 Å². The van der Waals surface area contributed by atoms with Gasteiger partial charge in [-0.05, 0) is 13.8 Å². The molecule has 0 radical (unpaired) electrons. The van der Waals surface area contributed by atoms with Crippen molar-refractivity contribution in [2.75, 3.05) is 0 Å². The molecule has 0 aromatic carbocycles. The fourth-order valence-electron chi connectivity index (χ4n) is 1.28. The van der Waals surface area contributed by atoms with Crippen molar-refractivity contribution in [1.82, 2.24) is 15.6 Å². The number of carbonyl (C=O) groups is 1. The van der Waals surface area contributed by atoms with E-state index in [0.717, 1.165) is 16.3 Å². The SMILES string of the molecule is CC1=NC2=CN(C(=O)O)NN2C(S)=C1C. The van der Waals surface area contributed by atoms with Gasteiger partial charge in [0.05, 0.1) is 11.2 Å². The molecular weight excluding hydrogens is 216 g/mol. The van der Waals surface area contributed by atoms with E-state index in [0.29, 0.717) is 10.9 Å². The van der Waals surface area contributed by atoms with Gasteiger partial charge in [0.2, 0.25) is 0 Å². The van der Waals surface area contributed by atoms with E-state index in [9.17, 15) is 4.79 Å². The summed E-state index contributed by atoms with van der Waals surface area (Å²) in [6.45, 7) is 3.73. The van der Waals surface area contributed by atoms with E-state index in [-0.39, 0.29) is 0 Å². The van der Waals surface area contributed by atoms with E-state index in [1.807, 2.05) is 13.8 Å². The molecule has 0 fully saturated rings. The summed E-state index contributed by atoms with van der Waals surface area (Å²) in [6.07, 6.45) is 0.303. The maximum absolute atomic E-state index is 10.7. The number of thiol groups is 1. The summed E-state index contributed by atoms with van der Waals surface area (Å²) in [4.78, 5) is 15.0. The number of nitrogens with one attached hydrogen (secondary N) is 1. The van der Waals surface area contributed by atoms with Crippen LogP contribution in [0.4, 0.5) is 4.79 Å². The van der Waals surface area contributed by atoms with Crippen LogP contribution in [0, 0.1) is 0 Å². The van der Waals surface area contributed by atoms with Crippen LogP contribution in [-0.2, 0) is 0 Å². The Kier molecular flexibility index (Phi) is 2.20. The number of hydrogen-bond acceptors (Lipinski definition) is 5. The molecule has 0 spiro atoms. The Hall–Kier alpha value is -1.47. The van der Waals surface area contributed by atoms with E-state index >= 15 is 0 Å². The molecule has 2 N–H and O–H groups in total. The molecule has 0 saturated heterocycles. The molecule has 0 aliphatic carbocycles. The molecule has 6 nitrogen and oxygen atoms in total. The molecule has 2 aliphatic heterocycles. The monoisotopic (exact) mass is 226 g/mol. The molecule has 1 amide bonds. The second-order valence-corrected chi connectivity index (χ2v) is 3.64. The van der Waals surface area contributed by atoms with Gasteiger partial charge in [-0.25, -0.2) is 14.8 Å². The van der Waals surface area contributed by atoms with Crippen LogP contribution in [0.15, 0.2) is 27.6 Å². The second kappa shape index (κ2) is 3.28. The van der Waals surface area contributed by atoms with Gasteiger partial charge < -0.3 is 5.11 Å². The van der Waals surface area contributed by atoms with Crippen molar-refractivity contribution >= 4 is 24.4 Å². The van der Waals surface area contributed by atoms with Crippen LogP contribution in [0.25, 0.3) is 0 Å². The Morgan fingerprint density at radius 3 is 2.87 bits per heavy atom. The Morgan fingerprint density at radius 2 is 2.27 bits per heavy atom. The number of hydrazine groups is 2. The molecule has 0 bridgehead atoms. The summed E-state index contributed by atoms with van der Waals surface area (Å²) in [6, 6.07) is 0. The lowest BCUT2D eigenvalue weighted by Gasteiger charge is -2.25. The molecule has 15 heavy (non-hydrogen) atoms. The van der Waals surface area contributed by atoms with Gasteiger partial charge >= 0.3 is 6.09 Å². The van der Waals surface area contributed by atoms with Gasteiger partial charge in [-0.1, -0.05) is 0 Å². The first-order valence-corrected chi connectivity index (χ1v) is 4.71. The summed E-state index contributed by atoms with van der Waals surface area (Å²) >= 11 is 4.30. The number of fused-ring (bicyclic) bond motifs is 1. The zero-order chi connectivity index (χ0) is 11.2. The molecular formula is C8H10N4O2S. The average Bonchev–Trinajstić information content (AvgIpc) is 2.58. The highest BCUT2D eigenvalue weighted by molar-refractivity contribution is 7.84. The van der Waals surface area contributed by atoms with Gasteiger partial charge in [0.25, 0.3) is 0 Å². The van der Waals surface area contributed by atoms with Gasteiger partial charge in [-0.2, -0.15) is 5.01 Å². The predicted octanol–water partition coefficient (Wildman–Crippen LogP) is 1.14. The zero-order valence-corrected chi connectivity index (χ0v) is 9.12. The third-order valence-corrected chi connectivity index (χ3v) is 2.80. The quantitative estimate of drug-likeness (QED) is 0.542. The van der Waals surface area contributed by atoms with Crippen molar-refractivity contribution in [2.24, 2.45) is 4.99 Å². The lowest BCUT2D eigenvalue weighted by atomic mass is 10.2. The summed E-state index contributed by atoms with van der Waals surface area (Å²) in [5.74, 6) is 0.519. The molecule has 0 atom stereocenters. The molecule has 0 saturated carbocycles. The second-order valence-electron chi connectivity index (χ2n) is 3.22. The minimum Gasteiger partial charge on any atom is -0.464 e. The Morgan fingerprint density at radius 1 is 1.60 bits per heavy atom. The van der Waals surface area contributed by atoms with E-state index in [1.165, 1.54) is 11.2 Å². The van der Waals surface area contributed by atoms with E-state index in [1.54, 1.807) is 0 Å². The van der Waals surface area contributed by atoms with E-state index in [2.05, 4.69) is 23.2 Å². The number of hydrogen-bond donors (Lipinski definition) is 3. The molecule has 80 valence electrons. The van der Waals surface area contributed by atoms with Gasteiger partial charge in [-0.15, -0.1) is 18.2 Å². The maximum Gasteiger partial charge on any atom is 0.427 e. The maximum atomic E-state index is 10.7. The Balaban J connectivity index is 2.38. The molecule has 7 heteroatoms. The number of rotatable bonds is 0. The highest BCUT2D eigenvalue weighted by Crippen LogP contribution is 2.28. The molecule has 2 rings (SSSR count). The van der Waals surface area contributed by atoms with Crippen LogP contribution >= 0.6 is 12.6 Å². The molecule has 2 heterocycles. The number of amides is 1. The van der Waals surface area contributed by atoms with Gasteiger partial charge in [0, 0.05) is 11.3 Å². The van der Waals surface area contributed by atoms with Crippen molar-refractivity contribution in [1.29, 1.82) is 0 Å². The van der Waals surface area contributed by atoms with Gasteiger partial charge in [-0.3, -0.25) is 0 Å². The zero-order valence-electron chi connectivity index (χ0n) is 8.22. The van der Waals surface area contributed by atoms with Crippen LogP contribution in [0.2, 0.25) is 0 Å². The summed E-state index contributed by atoms with van der Waals surface area (Å²) < 4.78 is 0. The number of aliphatic imine (C=N–C) groups is 1. The highest BCUT2D eigenvalue weighted by atomic mass is 32.1. The first kappa shape index (κ1) is 10.1. The fraction of sp³-hybridized carbons (Fsp3) is 0.250. The topological polar surface area (TPSA) is 68.2 Å². The number of carboxylic acid groups (broad SMARTS) is 1. The largest absolute Gasteiger partial charge is 0.464 e. The van der Waals surface area contributed by atoms with Gasteiger partial charge in [0.15, 0.2) is 5.82 Å². The molecule has 0 aromatic rings. The highest BCUT2D eigenvalue weighted by Gasteiger charge is 2.29.